The fraction of sp³-hybridized carbons (Fsp3) is 0.850. The first-order chi connectivity index (χ1) is 14.5. The van der Waals surface area contributed by atoms with Crippen molar-refractivity contribution >= 4 is 11.8 Å². The van der Waals surface area contributed by atoms with Crippen LogP contribution in [-0.4, -0.2) is 61.8 Å². The van der Waals surface area contributed by atoms with Gasteiger partial charge in [-0.1, -0.05) is 39.0 Å². The van der Waals surface area contributed by atoms with E-state index in [4.69, 9.17) is 9.47 Å². The fourth-order valence-corrected chi connectivity index (χ4v) is 4.32. The summed E-state index contributed by atoms with van der Waals surface area (Å²) in [5.74, 6) is 1.39. The average molecular weight is 444 g/mol. The maximum absolute atomic E-state index is 12.8. The number of rotatable bonds is 15. The number of nitrogens with zero attached hydrogens (tertiary/aromatic N) is 3. The third kappa shape index (κ3) is 6.83. The third-order valence-electron chi connectivity index (χ3n) is 5.31. The van der Waals surface area contributed by atoms with Gasteiger partial charge >= 0.3 is 17.1 Å². The molecule has 3 atom stereocenters. The monoisotopic (exact) mass is 443 g/mol. The van der Waals surface area contributed by atoms with Gasteiger partial charge in [0.05, 0.1) is 51.2 Å². The van der Waals surface area contributed by atoms with Crippen LogP contribution in [0.5, 0.6) is 0 Å². The van der Waals surface area contributed by atoms with Gasteiger partial charge in [-0.3, -0.25) is 0 Å². The van der Waals surface area contributed by atoms with Crippen LogP contribution in [0.4, 0.5) is 0 Å². The number of ether oxygens (including phenoxy) is 2. The molecule has 0 radical (unpaired) electrons. The summed E-state index contributed by atoms with van der Waals surface area (Å²) in [7, 11) is 0. The highest BCUT2D eigenvalue weighted by molar-refractivity contribution is 7.99. The van der Waals surface area contributed by atoms with Crippen LogP contribution >= 0.6 is 11.8 Å². The summed E-state index contributed by atoms with van der Waals surface area (Å²) in [4.78, 5) is 38.2. The number of aliphatic hydroxyl groups excluding tert-OH is 1. The molecule has 3 rings (SSSR count). The first-order valence-electron chi connectivity index (χ1n) is 10.9. The minimum Gasteiger partial charge on any atom is -0.390 e. The summed E-state index contributed by atoms with van der Waals surface area (Å²) in [6.07, 6.45) is 6.11. The number of aromatic nitrogens is 3. The summed E-state index contributed by atoms with van der Waals surface area (Å²) in [6.45, 7) is 3.29. The summed E-state index contributed by atoms with van der Waals surface area (Å²) < 4.78 is 13.3. The minimum atomic E-state index is -0.839. The van der Waals surface area contributed by atoms with Gasteiger partial charge in [-0.15, -0.1) is 0 Å². The number of hydrogen-bond acceptors (Lipinski definition) is 7. The van der Waals surface area contributed by atoms with E-state index in [0.717, 1.165) is 25.9 Å². The highest BCUT2D eigenvalue weighted by atomic mass is 32.2. The number of aliphatic hydroxyl groups is 1. The fourth-order valence-electron chi connectivity index (χ4n) is 3.37. The van der Waals surface area contributed by atoms with Crippen LogP contribution in [0.3, 0.4) is 0 Å². The number of unbranched alkanes of at least 4 members (excludes halogenated alkanes) is 5. The van der Waals surface area contributed by atoms with Crippen molar-refractivity contribution in [2.45, 2.75) is 83.4 Å². The van der Waals surface area contributed by atoms with Crippen molar-refractivity contribution in [3.63, 3.8) is 0 Å². The van der Waals surface area contributed by atoms with E-state index in [1.165, 1.54) is 32.1 Å². The van der Waals surface area contributed by atoms with Gasteiger partial charge in [0.2, 0.25) is 0 Å². The molecule has 1 aromatic heterocycles. The molecule has 2 aliphatic heterocycles. The Morgan fingerprint density at radius 2 is 1.40 bits per heavy atom. The van der Waals surface area contributed by atoms with Gasteiger partial charge in [0.15, 0.2) is 0 Å². The zero-order chi connectivity index (χ0) is 21.5. The average Bonchev–Trinajstić information content (AvgIpc) is 3.64. The van der Waals surface area contributed by atoms with E-state index >= 15 is 0 Å². The molecule has 0 spiro atoms. The zero-order valence-electron chi connectivity index (χ0n) is 17.7. The number of epoxide rings is 2. The predicted molar refractivity (Wildman–Crippen MR) is 115 cm³/mol. The lowest BCUT2D eigenvalue weighted by atomic mass is 10.1. The zero-order valence-corrected chi connectivity index (χ0v) is 18.5. The van der Waals surface area contributed by atoms with Crippen LogP contribution in [0, 0.1) is 0 Å². The molecule has 2 fully saturated rings. The molecule has 3 heterocycles. The molecule has 0 aromatic carbocycles. The SMILES string of the molecule is CCCCCCCCSCC(O)Cn1c(=O)n(CC2CO2)c(=O)n(CC2CO2)c1=O. The number of hydrogen-bond donors (Lipinski definition) is 1. The molecule has 1 N–H and O–H groups in total. The highest BCUT2D eigenvalue weighted by Crippen LogP contribution is 2.12. The van der Waals surface area contributed by atoms with Crippen LogP contribution in [0.1, 0.15) is 45.4 Å². The summed E-state index contributed by atoms with van der Waals surface area (Å²) in [6, 6.07) is 0. The Kier molecular flexibility index (Phi) is 8.79. The van der Waals surface area contributed by atoms with Gasteiger partial charge in [-0.05, 0) is 12.2 Å². The van der Waals surface area contributed by atoms with Crippen LogP contribution in [0.2, 0.25) is 0 Å². The van der Waals surface area contributed by atoms with Crippen LogP contribution in [-0.2, 0) is 29.1 Å². The first kappa shape index (κ1) is 23.3. The molecular weight excluding hydrogens is 410 g/mol. The van der Waals surface area contributed by atoms with Crippen molar-refractivity contribution in [3.8, 4) is 0 Å². The lowest BCUT2D eigenvalue weighted by Crippen LogP contribution is -2.56. The molecule has 170 valence electrons. The standard InChI is InChI=1S/C20H33N3O6S/c1-2-3-4-5-6-7-8-30-14-15(24)9-21-18(25)22(10-16-12-28-16)20(27)23(19(21)26)11-17-13-29-17/h15-17,24H,2-14H2,1H3. The normalized spacial score (nSPS) is 21.0. The lowest BCUT2D eigenvalue weighted by molar-refractivity contribution is 0.170. The maximum atomic E-state index is 12.8. The molecule has 0 saturated carbocycles. The van der Waals surface area contributed by atoms with Crippen molar-refractivity contribution in [2.24, 2.45) is 0 Å². The van der Waals surface area contributed by atoms with Crippen LogP contribution < -0.4 is 17.1 Å². The molecule has 10 heteroatoms. The molecule has 0 bridgehead atoms. The van der Waals surface area contributed by atoms with Crippen molar-refractivity contribution in [2.75, 3.05) is 24.7 Å². The molecule has 2 saturated heterocycles. The minimum absolute atomic E-state index is 0.117. The quantitative estimate of drug-likeness (QED) is 0.309. The van der Waals surface area contributed by atoms with Crippen molar-refractivity contribution in [1.29, 1.82) is 0 Å². The van der Waals surface area contributed by atoms with E-state index in [2.05, 4.69) is 6.92 Å². The number of thioether (sulfide) groups is 1. The van der Waals surface area contributed by atoms with E-state index in [9.17, 15) is 19.5 Å². The van der Waals surface area contributed by atoms with Gasteiger partial charge in [0.25, 0.3) is 0 Å². The smallest absolute Gasteiger partial charge is 0.336 e. The molecule has 1 aromatic rings. The van der Waals surface area contributed by atoms with Gasteiger partial charge < -0.3 is 14.6 Å². The topological polar surface area (TPSA) is 111 Å². The Morgan fingerprint density at radius 1 is 0.900 bits per heavy atom. The molecule has 3 unspecified atom stereocenters. The van der Waals surface area contributed by atoms with Gasteiger partial charge in [-0.25, -0.2) is 28.1 Å². The van der Waals surface area contributed by atoms with Gasteiger partial charge in [-0.2, -0.15) is 11.8 Å². The summed E-state index contributed by atoms with van der Waals surface area (Å²) >= 11 is 1.63. The van der Waals surface area contributed by atoms with Crippen LogP contribution in [0.15, 0.2) is 14.4 Å². The Hall–Kier alpha value is -1.36. The largest absolute Gasteiger partial charge is 0.390 e. The van der Waals surface area contributed by atoms with E-state index in [0.29, 0.717) is 19.0 Å². The first-order valence-corrected chi connectivity index (χ1v) is 12.1. The molecule has 30 heavy (non-hydrogen) atoms. The highest BCUT2D eigenvalue weighted by Gasteiger charge is 2.29. The van der Waals surface area contributed by atoms with E-state index in [-0.39, 0.29) is 31.8 Å². The predicted octanol–water partition coefficient (Wildman–Crippen LogP) is 0.424. The summed E-state index contributed by atoms with van der Waals surface area (Å²) in [5, 5.41) is 10.4. The lowest BCUT2D eigenvalue weighted by Gasteiger charge is -2.15. The summed E-state index contributed by atoms with van der Waals surface area (Å²) in [5.41, 5.74) is -2.01. The van der Waals surface area contributed by atoms with E-state index < -0.39 is 23.2 Å². The van der Waals surface area contributed by atoms with Gasteiger partial charge in [0, 0.05) is 5.75 Å². The van der Waals surface area contributed by atoms with Crippen molar-refractivity contribution in [3.05, 3.63) is 31.5 Å². The Morgan fingerprint density at radius 3 is 1.93 bits per heavy atom. The molecule has 2 aliphatic rings. The van der Waals surface area contributed by atoms with Gasteiger partial charge in [0.1, 0.15) is 0 Å². The second-order valence-electron chi connectivity index (χ2n) is 8.09. The second kappa shape index (κ2) is 11.3. The Balaban J connectivity index is 1.59. The third-order valence-corrected chi connectivity index (χ3v) is 6.51. The maximum Gasteiger partial charge on any atom is 0.336 e. The van der Waals surface area contributed by atoms with Crippen molar-refractivity contribution < 1.29 is 14.6 Å². The van der Waals surface area contributed by atoms with E-state index in [1.807, 2.05) is 0 Å². The van der Waals surface area contributed by atoms with E-state index in [1.54, 1.807) is 11.8 Å². The molecule has 0 aliphatic carbocycles. The van der Waals surface area contributed by atoms with Crippen LogP contribution in [0.25, 0.3) is 0 Å². The molecule has 9 nitrogen and oxygen atoms in total. The second-order valence-corrected chi connectivity index (χ2v) is 9.24. The Bertz CT molecular complexity index is 803. The molecule has 0 amide bonds. The van der Waals surface area contributed by atoms with Crippen molar-refractivity contribution in [1.82, 2.24) is 13.7 Å². The molecular formula is C20H33N3O6S. The Labute approximate surface area is 180 Å².